The SMILES string of the molecule is Cc1cc(=O)[nH]c(SCC(=O)N2CCCNCC2)n1. The molecule has 6 nitrogen and oxygen atoms in total. The lowest BCUT2D eigenvalue weighted by Crippen LogP contribution is -2.35. The molecule has 0 spiro atoms. The average molecular weight is 282 g/mol. The van der Waals surface area contributed by atoms with Gasteiger partial charge in [0.25, 0.3) is 5.56 Å². The van der Waals surface area contributed by atoms with E-state index in [1.807, 2.05) is 4.90 Å². The molecule has 104 valence electrons. The molecule has 0 unspecified atom stereocenters. The minimum atomic E-state index is -0.179. The van der Waals surface area contributed by atoms with Crippen LogP contribution in [0.5, 0.6) is 0 Å². The van der Waals surface area contributed by atoms with E-state index in [4.69, 9.17) is 0 Å². The van der Waals surface area contributed by atoms with Gasteiger partial charge in [-0.2, -0.15) is 0 Å². The Kier molecular flexibility index (Phi) is 4.98. The normalized spacial score (nSPS) is 16.2. The summed E-state index contributed by atoms with van der Waals surface area (Å²) < 4.78 is 0. The van der Waals surface area contributed by atoms with Crippen LogP contribution in [-0.2, 0) is 4.79 Å². The molecule has 1 aliphatic heterocycles. The smallest absolute Gasteiger partial charge is 0.251 e. The van der Waals surface area contributed by atoms with Crippen molar-refractivity contribution in [3.8, 4) is 0 Å². The topological polar surface area (TPSA) is 78.1 Å². The number of carbonyl (C=O) groups is 1. The lowest BCUT2D eigenvalue weighted by Gasteiger charge is -2.19. The van der Waals surface area contributed by atoms with Gasteiger partial charge in [0.05, 0.1) is 5.75 Å². The van der Waals surface area contributed by atoms with Crippen molar-refractivity contribution in [1.82, 2.24) is 20.2 Å². The molecular formula is C12H18N4O2S. The number of hydrogen-bond donors (Lipinski definition) is 2. The lowest BCUT2D eigenvalue weighted by atomic mass is 10.4. The first-order chi connectivity index (χ1) is 9.15. The number of thioether (sulfide) groups is 1. The number of carbonyl (C=O) groups excluding carboxylic acids is 1. The van der Waals surface area contributed by atoms with Crippen LogP contribution < -0.4 is 10.9 Å². The van der Waals surface area contributed by atoms with Crippen molar-refractivity contribution >= 4 is 17.7 Å². The Balaban J connectivity index is 1.90. The number of aromatic nitrogens is 2. The average Bonchev–Trinajstić information content (AvgIpc) is 2.63. The Morgan fingerprint density at radius 3 is 3.11 bits per heavy atom. The van der Waals surface area contributed by atoms with Gasteiger partial charge in [0, 0.05) is 31.4 Å². The van der Waals surface area contributed by atoms with Crippen LogP contribution >= 0.6 is 11.8 Å². The zero-order chi connectivity index (χ0) is 13.7. The van der Waals surface area contributed by atoms with Crippen molar-refractivity contribution in [3.63, 3.8) is 0 Å². The zero-order valence-corrected chi connectivity index (χ0v) is 11.8. The number of amides is 1. The molecule has 0 aromatic carbocycles. The molecule has 1 fully saturated rings. The van der Waals surface area contributed by atoms with Gasteiger partial charge in [-0.15, -0.1) is 0 Å². The van der Waals surface area contributed by atoms with Crippen LogP contribution in [0.2, 0.25) is 0 Å². The molecule has 1 aliphatic rings. The van der Waals surface area contributed by atoms with Crippen LogP contribution in [0.1, 0.15) is 12.1 Å². The standard InChI is InChI=1S/C12H18N4O2S/c1-9-7-10(17)15-12(14-9)19-8-11(18)16-5-2-3-13-4-6-16/h7,13H,2-6,8H2,1H3,(H,14,15,17). The van der Waals surface area contributed by atoms with Crippen LogP contribution in [0.4, 0.5) is 0 Å². The second kappa shape index (κ2) is 6.72. The fourth-order valence-corrected chi connectivity index (χ4v) is 2.76. The molecule has 0 saturated carbocycles. The largest absolute Gasteiger partial charge is 0.341 e. The van der Waals surface area contributed by atoms with E-state index < -0.39 is 0 Å². The van der Waals surface area contributed by atoms with Crippen molar-refractivity contribution < 1.29 is 4.79 Å². The maximum absolute atomic E-state index is 12.1. The Bertz CT molecular complexity index is 495. The van der Waals surface area contributed by atoms with E-state index >= 15 is 0 Å². The van der Waals surface area contributed by atoms with Crippen molar-refractivity contribution in [1.29, 1.82) is 0 Å². The summed E-state index contributed by atoms with van der Waals surface area (Å²) >= 11 is 1.28. The molecule has 1 aromatic heterocycles. The molecule has 2 heterocycles. The first-order valence-corrected chi connectivity index (χ1v) is 7.33. The van der Waals surface area contributed by atoms with E-state index in [9.17, 15) is 9.59 Å². The number of nitrogens with zero attached hydrogens (tertiary/aromatic N) is 2. The highest BCUT2D eigenvalue weighted by atomic mass is 32.2. The highest BCUT2D eigenvalue weighted by Crippen LogP contribution is 2.12. The minimum absolute atomic E-state index is 0.0952. The van der Waals surface area contributed by atoms with E-state index in [2.05, 4.69) is 15.3 Å². The Morgan fingerprint density at radius 2 is 2.32 bits per heavy atom. The van der Waals surface area contributed by atoms with E-state index in [0.29, 0.717) is 16.6 Å². The van der Waals surface area contributed by atoms with Gasteiger partial charge in [-0.05, 0) is 19.9 Å². The number of H-pyrrole nitrogens is 1. The van der Waals surface area contributed by atoms with Gasteiger partial charge in [0.2, 0.25) is 5.91 Å². The zero-order valence-electron chi connectivity index (χ0n) is 10.9. The summed E-state index contributed by atoms with van der Waals surface area (Å²) in [7, 11) is 0. The molecule has 1 saturated heterocycles. The van der Waals surface area contributed by atoms with E-state index in [-0.39, 0.29) is 11.5 Å². The Labute approximate surface area is 116 Å². The molecule has 0 radical (unpaired) electrons. The number of aromatic amines is 1. The third kappa shape index (κ3) is 4.36. The number of rotatable bonds is 3. The van der Waals surface area contributed by atoms with Gasteiger partial charge < -0.3 is 15.2 Å². The fraction of sp³-hybridized carbons (Fsp3) is 0.583. The number of aryl methyl sites for hydroxylation is 1. The highest BCUT2D eigenvalue weighted by molar-refractivity contribution is 7.99. The van der Waals surface area contributed by atoms with Crippen LogP contribution in [0, 0.1) is 6.92 Å². The third-order valence-corrected chi connectivity index (χ3v) is 3.73. The predicted octanol–water partition coefficient (Wildman–Crippen LogP) is -0.00768. The van der Waals surface area contributed by atoms with Crippen molar-refractivity contribution in [2.24, 2.45) is 0 Å². The van der Waals surface area contributed by atoms with Crippen LogP contribution in [0.25, 0.3) is 0 Å². The van der Waals surface area contributed by atoms with Crippen molar-refractivity contribution in [3.05, 3.63) is 22.1 Å². The number of hydrogen-bond acceptors (Lipinski definition) is 5. The summed E-state index contributed by atoms with van der Waals surface area (Å²) in [5.41, 5.74) is 0.485. The molecule has 1 aromatic rings. The summed E-state index contributed by atoms with van der Waals surface area (Å²) in [6.45, 7) is 5.11. The van der Waals surface area contributed by atoms with Crippen LogP contribution in [-0.4, -0.2) is 52.7 Å². The second-order valence-corrected chi connectivity index (χ2v) is 5.43. The van der Waals surface area contributed by atoms with Crippen LogP contribution in [0.15, 0.2) is 16.0 Å². The molecule has 7 heteroatoms. The third-order valence-electron chi connectivity index (χ3n) is 2.87. The van der Waals surface area contributed by atoms with Gasteiger partial charge in [-0.3, -0.25) is 9.59 Å². The summed E-state index contributed by atoms with van der Waals surface area (Å²) in [6, 6.07) is 1.44. The van der Waals surface area contributed by atoms with E-state index in [0.717, 1.165) is 32.6 Å². The monoisotopic (exact) mass is 282 g/mol. The quantitative estimate of drug-likeness (QED) is 0.602. The molecule has 0 aliphatic carbocycles. The summed E-state index contributed by atoms with van der Waals surface area (Å²) in [5.74, 6) is 0.407. The molecule has 0 bridgehead atoms. The van der Waals surface area contributed by atoms with E-state index in [1.54, 1.807) is 6.92 Å². The highest BCUT2D eigenvalue weighted by Gasteiger charge is 2.15. The molecule has 1 amide bonds. The van der Waals surface area contributed by atoms with Crippen LogP contribution in [0.3, 0.4) is 0 Å². The second-order valence-electron chi connectivity index (χ2n) is 4.46. The van der Waals surface area contributed by atoms with Crippen molar-refractivity contribution in [2.45, 2.75) is 18.5 Å². The summed E-state index contributed by atoms with van der Waals surface area (Å²) in [5, 5.41) is 3.77. The Morgan fingerprint density at radius 1 is 1.47 bits per heavy atom. The van der Waals surface area contributed by atoms with Gasteiger partial charge >= 0.3 is 0 Å². The predicted molar refractivity (Wildman–Crippen MR) is 74.4 cm³/mol. The number of nitrogens with one attached hydrogen (secondary N) is 2. The van der Waals surface area contributed by atoms with Gasteiger partial charge in [0.15, 0.2) is 5.16 Å². The molecule has 2 N–H and O–H groups in total. The van der Waals surface area contributed by atoms with Gasteiger partial charge in [-0.25, -0.2) is 4.98 Å². The Hall–Kier alpha value is -1.34. The van der Waals surface area contributed by atoms with Gasteiger partial charge in [-0.1, -0.05) is 11.8 Å². The fourth-order valence-electron chi connectivity index (χ4n) is 1.94. The molecule has 19 heavy (non-hydrogen) atoms. The first-order valence-electron chi connectivity index (χ1n) is 6.34. The lowest BCUT2D eigenvalue weighted by molar-refractivity contribution is -0.128. The molecule has 0 atom stereocenters. The summed E-state index contributed by atoms with van der Waals surface area (Å²) in [4.78, 5) is 32.0. The molecule has 2 rings (SSSR count). The maximum Gasteiger partial charge on any atom is 0.251 e. The van der Waals surface area contributed by atoms with Crippen molar-refractivity contribution in [2.75, 3.05) is 31.9 Å². The summed E-state index contributed by atoms with van der Waals surface area (Å²) in [6.07, 6.45) is 0.982. The molecular weight excluding hydrogens is 264 g/mol. The first kappa shape index (κ1) is 14.1. The maximum atomic E-state index is 12.1. The minimum Gasteiger partial charge on any atom is -0.341 e. The van der Waals surface area contributed by atoms with Gasteiger partial charge in [0.1, 0.15) is 0 Å². The van der Waals surface area contributed by atoms with E-state index in [1.165, 1.54) is 17.8 Å².